The number of anilines is 1. The molecule has 0 amide bonds. The van der Waals surface area contributed by atoms with E-state index < -0.39 is 10.9 Å². The maximum absolute atomic E-state index is 11.5. The molecule has 2 heterocycles. The molecule has 150 valence electrons. The van der Waals surface area contributed by atoms with Gasteiger partial charge in [-0.05, 0) is 36.2 Å². The number of pyridine rings is 1. The zero-order valence-corrected chi connectivity index (χ0v) is 15.8. The molecular formula is C22H18N4O4. The predicted octanol–water partition coefficient (Wildman–Crippen LogP) is 4.49. The fourth-order valence-corrected chi connectivity index (χ4v) is 3.49. The van der Waals surface area contributed by atoms with Crippen molar-refractivity contribution in [2.24, 2.45) is 0 Å². The van der Waals surface area contributed by atoms with Crippen molar-refractivity contribution in [3.63, 3.8) is 0 Å². The van der Waals surface area contributed by atoms with E-state index in [9.17, 15) is 20.0 Å². The van der Waals surface area contributed by atoms with Gasteiger partial charge < -0.3 is 15.4 Å². The third-order valence-electron chi connectivity index (χ3n) is 4.87. The number of aromatic amines is 1. The van der Waals surface area contributed by atoms with Crippen LogP contribution >= 0.6 is 0 Å². The van der Waals surface area contributed by atoms with Gasteiger partial charge in [0.1, 0.15) is 0 Å². The minimum atomic E-state index is -1.22. The van der Waals surface area contributed by atoms with Crippen LogP contribution in [0.15, 0.2) is 66.9 Å². The molecule has 0 fully saturated rings. The summed E-state index contributed by atoms with van der Waals surface area (Å²) < 4.78 is 0. The first-order valence-electron chi connectivity index (χ1n) is 9.31. The number of carbonyl (C=O) groups is 1. The van der Waals surface area contributed by atoms with Gasteiger partial charge in [-0.25, -0.2) is 4.79 Å². The van der Waals surface area contributed by atoms with E-state index in [1.807, 2.05) is 42.5 Å². The monoisotopic (exact) mass is 402 g/mol. The zero-order chi connectivity index (χ0) is 21.1. The Morgan fingerprint density at radius 3 is 2.67 bits per heavy atom. The maximum Gasteiger partial charge on any atom is 0.338 e. The smallest absolute Gasteiger partial charge is 0.338 e. The lowest BCUT2D eigenvalue weighted by Gasteiger charge is -2.10. The van der Waals surface area contributed by atoms with E-state index in [4.69, 9.17) is 0 Å². The summed E-state index contributed by atoms with van der Waals surface area (Å²) in [5, 5.41) is 24.5. The van der Waals surface area contributed by atoms with Crippen LogP contribution in [0, 0.1) is 10.1 Å². The number of benzene rings is 2. The van der Waals surface area contributed by atoms with Crippen molar-refractivity contribution in [1.82, 2.24) is 9.97 Å². The lowest BCUT2D eigenvalue weighted by atomic mass is 10.0. The lowest BCUT2D eigenvalue weighted by molar-refractivity contribution is -0.384. The Balaban J connectivity index is 1.62. The zero-order valence-electron chi connectivity index (χ0n) is 15.8. The summed E-state index contributed by atoms with van der Waals surface area (Å²) in [6, 6.07) is 17.4. The molecule has 0 aliphatic carbocycles. The first-order chi connectivity index (χ1) is 14.5. The molecule has 30 heavy (non-hydrogen) atoms. The Kier molecular flexibility index (Phi) is 5.13. The summed E-state index contributed by atoms with van der Waals surface area (Å²) >= 11 is 0. The Morgan fingerprint density at radius 1 is 1.13 bits per heavy atom. The molecule has 8 heteroatoms. The van der Waals surface area contributed by atoms with Gasteiger partial charge in [0, 0.05) is 41.5 Å². The predicted molar refractivity (Wildman–Crippen MR) is 114 cm³/mol. The van der Waals surface area contributed by atoms with E-state index in [0.717, 1.165) is 33.9 Å². The van der Waals surface area contributed by atoms with Crippen molar-refractivity contribution in [1.29, 1.82) is 0 Å². The summed E-state index contributed by atoms with van der Waals surface area (Å²) in [6.45, 7) is 0.444. The molecule has 0 spiro atoms. The normalized spacial score (nSPS) is 10.8. The number of aromatic nitrogens is 2. The molecule has 0 saturated heterocycles. The van der Waals surface area contributed by atoms with Gasteiger partial charge in [0.15, 0.2) is 0 Å². The highest BCUT2D eigenvalue weighted by atomic mass is 16.6. The molecular weight excluding hydrogens is 384 g/mol. The van der Waals surface area contributed by atoms with Crippen molar-refractivity contribution < 1.29 is 14.8 Å². The number of carboxylic acid groups (broad SMARTS) is 1. The van der Waals surface area contributed by atoms with Gasteiger partial charge in [-0.15, -0.1) is 0 Å². The SMILES string of the molecule is O=C(O)c1cc([N+](=O)[O-])ccc1NCCc1c(-c2ccccn2)[nH]c2ccccc12. The van der Waals surface area contributed by atoms with Gasteiger partial charge in [-0.1, -0.05) is 24.3 Å². The van der Waals surface area contributed by atoms with Crippen LogP contribution in [0.1, 0.15) is 15.9 Å². The van der Waals surface area contributed by atoms with E-state index in [1.165, 1.54) is 12.1 Å². The largest absolute Gasteiger partial charge is 0.478 e. The number of fused-ring (bicyclic) bond motifs is 1. The summed E-state index contributed by atoms with van der Waals surface area (Å²) in [4.78, 5) is 29.7. The quantitative estimate of drug-likeness (QED) is 0.309. The molecule has 0 radical (unpaired) electrons. The number of non-ortho nitro benzene ring substituents is 1. The van der Waals surface area contributed by atoms with Gasteiger partial charge in [-0.3, -0.25) is 15.1 Å². The first kappa shape index (κ1) is 19.1. The van der Waals surface area contributed by atoms with E-state index in [-0.39, 0.29) is 11.3 Å². The van der Waals surface area contributed by atoms with E-state index >= 15 is 0 Å². The number of nitrogens with zero attached hydrogens (tertiary/aromatic N) is 2. The highest BCUT2D eigenvalue weighted by Crippen LogP contribution is 2.30. The molecule has 4 rings (SSSR count). The Hall–Kier alpha value is -4.20. The maximum atomic E-state index is 11.5. The van der Waals surface area contributed by atoms with Gasteiger partial charge in [0.05, 0.1) is 21.9 Å². The van der Waals surface area contributed by atoms with Crippen molar-refractivity contribution in [2.75, 3.05) is 11.9 Å². The van der Waals surface area contributed by atoms with Crippen molar-refractivity contribution in [3.8, 4) is 11.4 Å². The van der Waals surface area contributed by atoms with Crippen LogP contribution in [0.4, 0.5) is 11.4 Å². The standard InChI is InChI=1S/C22H18N4O4/c27-22(28)17-13-14(26(29)30)8-9-18(17)24-12-10-16-15-5-1-2-6-19(15)25-21(16)20-7-3-4-11-23-20/h1-9,11,13,24-25H,10,12H2,(H,27,28). The average molecular weight is 402 g/mol. The van der Waals surface area contributed by atoms with Crippen molar-refractivity contribution >= 4 is 28.2 Å². The average Bonchev–Trinajstić information content (AvgIpc) is 3.13. The Labute approximate surface area is 171 Å². The molecule has 4 aromatic rings. The summed E-state index contributed by atoms with van der Waals surface area (Å²) in [7, 11) is 0. The van der Waals surface area contributed by atoms with Gasteiger partial charge in [-0.2, -0.15) is 0 Å². The minimum Gasteiger partial charge on any atom is -0.478 e. The molecule has 0 atom stereocenters. The number of nitro groups is 1. The number of hydrogen-bond donors (Lipinski definition) is 3. The number of rotatable bonds is 7. The van der Waals surface area contributed by atoms with Crippen LogP contribution in [0.3, 0.4) is 0 Å². The van der Waals surface area contributed by atoms with Crippen LogP contribution in [0.25, 0.3) is 22.3 Å². The molecule has 0 unspecified atom stereocenters. The second-order valence-corrected chi connectivity index (χ2v) is 6.71. The number of H-pyrrole nitrogens is 1. The highest BCUT2D eigenvalue weighted by molar-refractivity contribution is 5.95. The number of nitrogens with one attached hydrogen (secondary N) is 2. The summed E-state index contributed by atoms with van der Waals surface area (Å²) in [5.74, 6) is -1.22. The topological polar surface area (TPSA) is 121 Å². The van der Waals surface area contributed by atoms with E-state index in [2.05, 4.69) is 15.3 Å². The molecule has 2 aromatic heterocycles. The van der Waals surface area contributed by atoms with Gasteiger partial charge in [0.25, 0.3) is 5.69 Å². The molecule has 2 aromatic carbocycles. The van der Waals surface area contributed by atoms with Crippen molar-refractivity contribution in [2.45, 2.75) is 6.42 Å². The Bertz CT molecular complexity index is 1230. The highest BCUT2D eigenvalue weighted by Gasteiger charge is 2.17. The molecule has 0 saturated carbocycles. The van der Waals surface area contributed by atoms with Gasteiger partial charge in [0.2, 0.25) is 0 Å². The van der Waals surface area contributed by atoms with E-state index in [0.29, 0.717) is 18.7 Å². The van der Waals surface area contributed by atoms with Crippen LogP contribution in [0.5, 0.6) is 0 Å². The summed E-state index contributed by atoms with van der Waals surface area (Å²) in [6.07, 6.45) is 2.34. The number of nitro benzene ring substituents is 1. The first-order valence-corrected chi connectivity index (χ1v) is 9.31. The van der Waals surface area contributed by atoms with Crippen molar-refractivity contribution in [3.05, 3.63) is 88.1 Å². The number of carboxylic acids is 1. The Morgan fingerprint density at radius 2 is 1.93 bits per heavy atom. The lowest BCUT2D eigenvalue weighted by Crippen LogP contribution is -2.10. The number of para-hydroxylation sites is 1. The third-order valence-corrected chi connectivity index (χ3v) is 4.87. The second-order valence-electron chi connectivity index (χ2n) is 6.71. The van der Waals surface area contributed by atoms with Crippen LogP contribution in [0.2, 0.25) is 0 Å². The molecule has 3 N–H and O–H groups in total. The van der Waals surface area contributed by atoms with Crippen LogP contribution in [-0.4, -0.2) is 32.5 Å². The molecule has 0 aliphatic rings. The van der Waals surface area contributed by atoms with Crippen LogP contribution in [-0.2, 0) is 6.42 Å². The van der Waals surface area contributed by atoms with E-state index in [1.54, 1.807) is 6.20 Å². The molecule has 8 nitrogen and oxygen atoms in total. The molecule has 0 aliphatic heterocycles. The third kappa shape index (κ3) is 3.70. The fourth-order valence-electron chi connectivity index (χ4n) is 3.49. The van der Waals surface area contributed by atoms with Crippen LogP contribution < -0.4 is 5.32 Å². The summed E-state index contributed by atoms with van der Waals surface area (Å²) in [5.41, 5.74) is 3.75. The fraction of sp³-hybridized carbons (Fsp3) is 0.0909. The van der Waals surface area contributed by atoms with Gasteiger partial charge >= 0.3 is 5.97 Å². The minimum absolute atomic E-state index is 0.131. The molecule has 0 bridgehead atoms. The number of hydrogen-bond acceptors (Lipinski definition) is 5. The number of aromatic carboxylic acids is 1. The second kappa shape index (κ2) is 8.04.